The number of aromatic nitrogens is 1. The monoisotopic (exact) mass is 731 g/mol. The molecule has 258 valence electrons. The summed E-state index contributed by atoms with van der Waals surface area (Å²) in [4.78, 5) is 15.9. The molecule has 0 aliphatic carbocycles. The van der Waals surface area contributed by atoms with Gasteiger partial charge in [0.15, 0.2) is 11.7 Å². The van der Waals surface area contributed by atoms with E-state index in [1.54, 1.807) is 24.4 Å². The third kappa shape index (κ3) is 9.74. The van der Waals surface area contributed by atoms with E-state index in [1.165, 1.54) is 6.07 Å². The lowest BCUT2D eigenvalue weighted by Crippen LogP contribution is -2.58. The smallest absolute Gasteiger partial charge is 0.345 e. The molecule has 3 aliphatic rings. The van der Waals surface area contributed by atoms with Gasteiger partial charge in [-0.1, -0.05) is 42.6 Å². The quantitative estimate of drug-likeness (QED) is 0.296. The molecule has 0 bridgehead atoms. The molecule has 3 N–H and O–H groups in total. The van der Waals surface area contributed by atoms with Gasteiger partial charge in [0.05, 0.1) is 29.7 Å². The number of hydrogen-bond acceptors (Lipinski definition) is 10. The summed E-state index contributed by atoms with van der Waals surface area (Å²) in [6.07, 6.45) is 6.70. The van der Waals surface area contributed by atoms with Crippen molar-refractivity contribution >= 4 is 66.6 Å². The second-order valence-electron chi connectivity index (χ2n) is 11.9. The van der Waals surface area contributed by atoms with Crippen molar-refractivity contribution in [2.75, 3.05) is 62.3 Å². The van der Waals surface area contributed by atoms with E-state index in [9.17, 15) is 21.2 Å². The van der Waals surface area contributed by atoms with E-state index in [-0.39, 0.29) is 30.6 Å². The Bertz CT molecular complexity index is 1720. The maximum atomic E-state index is 14.4. The highest BCUT2D eigenvalue weighted by atomic mass is 35.5. The minimum Gasteiger partial charge on any atom is -0.353 e. The Balaban J connectivity index is 1.19. The first-order valence-electron chi connectivity index (χ1n) is 15.5. The molecule has 2 fully saturated rings. The summed E-state index contributed by atoms with van der Waals surface area (Å²) < 4.78 is 69.3. The molecule has 5 rings (SSSR count). The van der Waals surface area contributed by atoms with Crippen LogP contribution >= 0.6 is 23.2 Å². The number of halogens is 3. The number of anilines is 2. The second kappa shape index (κ2) is 15.3. The van der Waals surface area contributed by atoms with Gasteiger partial charge in [0.1, 0.15) is 11.6 Å². The molecule has 1 aromatic carbocycles. The highest BCUT2D eigenvalue weighted by Crippen LogP contribution is 2.31. The Morgan fingerprint density at radius 2 is 1.91 bits per heavy atom. The highest BCUT2D eigenvalue weighted by molar-refractivity contribution is 7.89. The van der Waals surface area contributed by atoms with Gasteiger partial charge in [-0.3, -0.25) is 14.8 Å². The molecule has 13 nitrogen and oxygen atoms in total. The van der Waals surface area contributed by atoms with Gasteiger partial charge in [0.2, 0.25) is 10.0 Å². The first kappa shape index (κ1) is 35.7. The zero-order valence-corrected chi connectivity index (χ0v) is 29.4. The van der Waals surface area contributed by atoms with Crippen molar-refractivity contribution < 1.29 is 21.2 Å². The number of hydrogen-bond donors (Lipinski definition) is 3. The van der Waals surface area contributed by atoms with Crippen LogP contribution < -0.4 is 19.7 Å². The molecule has 1 atom stereocenters. The number of benzene rings is 1. The Labute approximate surface area is 285 Å². The van der Waals surface area contributed by atoms with Gasteiger partial charge in [0.25, 0.3) is 0 Å². The molecule has 1 aromatic heterocycles. The molecule has 0 radical (unpaired) electrons. The number of amidine groups is 2. The first-order valence-corrected chi connectivity index (χ1v) is 19.6. The molecule has 47 heavy (non-hydrogen) atoms. The van der Waals surface area contributed by atoms with Gasteiger partial charge in [-0.2, -0.15) is 8.42 Å². The molecular weight excluding hydrogens is 692 g/mol. The second-order valence-corrected chi connectivity index (χ2v) is 16.0. The van der Waals surface area contributed by atoms with E-state index in [0.29, 0.717) is 45.7 Å². The predicted molar refractivity (Wildman–Crippen MR) is 185 cm³/mol. The molecule has 4 heterocycles. The lowest BCUT2D eigenvalue weighted by atomic mass is 9.97. The van der Waals surface area contributed by atoms with E-state index >= 15 is 0 Å². The maximum Gasteiger partial charge on any atom is 0.345 e. The fourth-order valence-electron chi connectivity index (χ4n) is 6.25. The number of piperazine rings is 1. The van der Waals surface area contributed by atoms with Crippen LogP contribution in [-0.4, -0.2) is 107 Å². The van der Waals surface area contributed by atoms with E-state index in [1.807, 2.05) is 0 Å². The van der Waals surface area contributed by atoms with Crippen LogP contribution in [0.5, 0.6) is 0 Å². The van der Waals surface area contributed by atoms with Crippen LogP contribution in [0.15, 0.2) is 39.9 Å². The average molecular weight is 733 g/mol. The third-order valence-corrected chi connectivity index (χ3v) is 10.5. The minimum absolute atomic E-state index is 0.00300. The van der Waals surface area contributed by atoms with Crippen LogP contribution in [0.1, 0.15) is 38.2 Å². The summed E-state index contributed by atoms with van der Waals surface area (Å²) in [5.41, 5.74) is 1.09. The number of piperidine rings is 1. The van der Waals surface area contributed by atoms with Gasteiger partial charge in [0, 0.05) is 55.4 Å². The largest absolute Gasteiger partial charge is 0.353 e. The summed E-state index contributed by atoms with van der Waals surface area (Å²) in [5.74, 6) is 0.304. The van der Waals surface area contributed by atoms with Crippen molar-refractivity contribution in [1.29, 1.82) is 0 Å². The fourth-order valence-corrected chi connectivity index (χ4v) is 7.98. The molecule has 2 saturated heterocycles. The lowest BCUT2D eigenvalue weighted by molar-refractivity contribution is 0.0587. The minimum atomic E-state index is -4.00. The standard InChI is InChI=1S/C29H40Cl2FN9O4S2/c1-3-4-24-19-40(13-14-41(24)23-7-11-39(12-8-23)18-20-5-6-21(30)15-26(20)32)29-25(31)16-22(17-34-29)36-28-27(37-47(44,45)38-28)33-9-10-35-46(2,42)43/h5-6,15-17,23-24,35H,3-4,7-14,18-19H2,1-2H3,(H,33,37)(H,36,38)/t24-/m0/s1. The predicted octanol–water partition coefficient (Wildman–Crippen LogP) is 3.09. The molecule has 0 spiro atoms. The lowest BCUT2D eigenvalue weighted by Gasteiger charge is -2.48. The van der Waals surface area contributed by atoms with Gasteiger partial charge in [-0.05, 0) is 50.6 Å². The summed E-state index contributed by atoms with van der Waals surface area (Å²) in [6, 6.07) is 7.32. The SMILES string of the molecule is CCC[C@H]1CN(c2ncc(NC3=NS(=O)(=O)NC3=NCCNS(C)(=O)=O)cc2Cl)CCN1C1CCN(Cc2ccc(Cl)cc2F)CC1. The Morgan fingerprint density at radius 1 is 1.15 bits per heavy atom. The van der Waals surface area contributed by atoms with Crippen molar-refractivity contribution in [3.8, 4) is 0 Å². The zero-order valence-electron chi connectivity index (χ0n) is 26.3. The number of nitrogens with zero attached hydrogens (tertiary/aromatic N) is 6. The maximum absolute atomic E-state index is 14.4. The number of likely N-dealkylation sites (tertiary alicyclic amines) is 1. The number of aliphatic imine (C=N–C) groups is 1. The van der Waals surface area contributed by atoms with Gasteiger partial charge < -0.3 is 10.2 Å². The van der Waals surface area contributed by atoms with Crippen molar-refractivity contribution in [3.63, 3.8) is 0 Å². The van der Waals surface area contributed by atoms with Crippen LogP contribution in [0.3, 0.4) is 0 Å². The first-order chi connectivity index (χ1) is 22.3. The number of sulfonamides is 1. The number of nitrogens with one attached hydrogen (secondary N) is 3. The molecule has 3 aliphatic heterocycles. The molecule has 0 saturated carbocycles. The van der Waals surface area contributed by atoms with Crippen molar-refractivity contribution in [3.05, 3.63) is 51.9 Å². The molecule has 0 unspecified atom stereocenters. The molecule has 18 heteroatoms. The Hall–Kier alpha value is -2.60. The van der Waals surface area contributed by atoms with Crippen molar-refractivity contribution in [2.24, 2.45) is 9.39 Å². The third-order valence-electron chi connectivity index (χ3n) is 8.38. The fraction of sp³-hybridized carbons (Fsp3) is 0.552. The topological polar surface area (TPSA) is 152 Å². The molecule has 0 amide bonds. The van der Waals surface area contributed by atoms with Crippen LogP contribution in [0.2, 0.25) is 10.0 Å². The van der Waals surface area contributed by atoms with E-state index in [4.69, 9.17) is 23.2 Å². The Morgan fingerprint density at radius 3 is 2.60 bits per heavy atom. The van der Waals surface area contributed by atoms with Crippen LogP contribution in [-0.2, 0) is 26.8 Å². The Kier molecular flexibility index (Phi) is 11.6. The van der Waals surface area contributed by atoms with Crippen LogP contribution in [0, 0.1) is 5.82 Å². The van der Waals surface area contributed by atoms with Gasteiger partial charge in [-0.25, -0.2) is 27.2 Å². The number of rotatable bonds is 11. The normalized spacial score (nSPS) is 22.0. The molecule has 2 aromatic rings. The summed E-state index contributed by atoms with van der Waals surface area (Å²) >= 11 is 12.7. The molecular formula is C29H40Cl2FN9O4S2. The van der Waals surface area contributed by atoms with Gasteiger partial charge >= 0.3 is 10.2 Å². The average Bonchev–Trinajstić information content (AvgIpc) is 3.29. The van der Waals surface area contributed by atoms with Crippen LogP contribution in [0.4, 0.5) is 15.9 Å². The van der Waals surface area contributed by atoms with E-state index in [2.05, 4.69) is 50.8 Å². The zero-order chi connectivity index (χ0) is 33.8. The van der Waals surface area contributed by atoms with Crippen molar-refractivity contribution in [2.45, 2.75) is 51.2 Å². The summed E-state index contributed by atoms with van der Waals surface area (Å²) in [7, 11) is -7.40. The van der Waals surface area contributed by atoms with Crippen LogP contribution in [0.25, 0.3) is 0 Å². The summed E-state index contributed by atoms with van der Waals surface area (Å²) in [6.45, 7) is 6.96. The van der Waals surface area contributed by atoms with Gasteiger partial charge in [-0.15, -0.1) is 4.40 Å². The summed E-state index contributed by atoms with van der Waals surface area (Å²) in [5, 5.41) is 3.73. The van der Waals surface area contributed by atoms with E-state index in [0.717, 1.165) is 64.7 Å². The highest BCUT2D eigenvalue weighted by Gasteiger charge is 2.34. The number of pyridine rings is 1. The van der Waals surface area contributed by atoms with E-state index < -0.39 is 20.2 Å². The van der Waals surface area contributed by atoms with Crippen molar-refractivity contribution in [1.82, 2.24) is 24.2 Å².